The van der Waals surface area contributed by atoms with E-state index in [1.54, 1.807) is 43.5 Å². The van der Waals surface area contributed by atoms with Gasteiger partial charge in [-0.1, -0.05) is 73.2 Å². The van der Waals surface area contributed by atoms with Crippen molar-refractivity contribution in [1.82, 2.24) is 10.3 Å². The Morgan fingerprint density at radius 3 is 2.40 bits per heavy atom. The number of aryl methyl sites for hydroxylation is 1. The zero-order valence-corrected chi connectivity index (χ0v) is 27.8. The summed E-state index contributed by atoms with van der Waals surface area (Å²) < 4.78 is 5.45. The highest BCUT2D eigenvalue weighted by atomic mass is 32.2. The average Bonchev–Trinajstić information content (AvgIpc) is 3.56. The van der Waals surface area contributed by atoms with Crippen molar-refractivity contribution in [2.45, 2.75) is 30.4 Å². The molecule has 0 spiro atoms. The Kier molecular flexibility index (Phi) is 11.2. The van der Waals surface area contributed by atoms with E-state index in [0.29, 0.717) is 28.6 Å². The van der Waals surface area contributed by atoms with Crippen LogP contribution in [0.4, 0.5) is 10.8 Å². The van der Waals surface area contributed by atoms with Crippen LogP contribution in [0.25, 0.3) is 17.3 Å². The van der Waals surface area contributed by atoms with E-state index in [9.17, 15) is 14.4 Å². The Morgan fingerprint density at radius 2 is 1.66 bits per heavy atom. The summed E-state index contributed by atoms with van der Waals surface area (Å²) in [6, 6.07) is 31.3. The largest absolute Gasteiger partial charge is 0.496 e. The molecular formula is C37H34N4O4S2. The topological polar surface area (TPSA) is 109 Å². The lowest BCUT2D eigenvalue weighted by molar-refractivity contribution is -0.116. The number of methoxy groups -OCH3 is 1. The summed E-state index contributed by atoms with van der Waals surface area (Å²) in [5.41, 5.74) is 4.49. The van der Waals surface area contributed by atoms with Crippen LogP contribution in [0.1, 0.15) is 34.8 Å². The Balaban J connectivity index is 1.27. The number of anilines is 2. The normalized spacial score (nSPS) is 11.8. The second-order valence-corrected chi connectivity index (χ2v) is 12.6. The van der Waals surface area contributed by atoms with E-state index in [1.165, 1.54) is 23.1 Å². The molecule has 0 aliphatic carbocycles. The number of para-hydroxylation sites is 1. The number of thioether (sulfide) groups is 1. The molecule has 1 aromatic heterocycles. The van der Waals surface area contributed by atoms with Gasteiger partial charge in [0, 0.05) is 27.1 Å². The first-order valence-corrected chi connectivity index (χ1v) is 16.7. The molecule has 0 saturated heterocycles. The molecule has 0 aliphatic heterocycles. The number of nitrogens with zero attached hydrogens (tertiary/aromatic N) is 1. The maximum atomic E-state index is 13.5. The fourth-order valence-corrected chi connectivity index (χ4v) is 6.33. The molecule has 3 N–H and O–H groups in total. The van der Waals surface area contributed by atoms with Gasteiger partial charge in [0.05, 0.1) is 18.1 Å². The predicted octanol–water partition coefficient (Wildman–Crippen LogP) is 8.05. The number of amides is 3. The number of hydrogen-bond donors (Lipinski definition) is 3. The average molecular weight is 663 g/mol. The third-order valence-corrected chi connectivity index (χ3v) is 9.18. The molecule has 1 heterocycles. The van der Waals surface area contributed by atoms with Gasteiger partial charge in [0.15, 0.2) is 5.13 Å². The lowest BCUT2D eigenvalue weighted by Crippen LogP contribution is -2.30. The minimum absolute atomic E-state index is 0.0996. The summed E-state index contributed by atoms with van der Waals surface area (Å²) in [5, 5.41) is 10.6. The molecule has 1 atom stereocenters. The first-order chi connectivity index (χ1) is 22.8. The molecule has 0 aliphatic rings. The van der Waals surface area contributed by atoms with Crippen LogP contribution >= 0.6 is 23.1 Å². The molecular weight excluding hydrogens is 629 g/mol. The molecule has 8 nitrogen and oxygen atoms in total. The van der Waals surface area contributed by atoms with Gasteiger partial charge in [-0.25, -0.2) is 4.98 Å². The SMILES string of the molecule is CCC(Sc1cccc(NC(=O)/C(=C/c2ccc(C)cc2)NC(=O)c2ccccc2)c1)C(=O)Nc1nc(-c2ccccc2OC)cs1. The Bertz CT molecular complexity index is 1890. The molecule has 0 bridgehead atoms. The van der Waals surface area contributed by atoms with Crippen molar-refractivity contribution in [2.75, 3.05) is 17.7 Å². The number of benzene rings is 4. The highest BCUT2D eigenvalue weighted by Crippen LogP contribution is 2.33. The summed E-state index contributed by atoms with van der Waals surface area (Å²) in [5.74, 6) is -0.326. The molecule has 4 aromatic carbocycles. The molecule has 3 amide bonds. The molecule has 5 aromatic rings. The minimum atomic E-state index is -0.476. The first-order valence-electron chi connectivity index (χ1n) is 15.0. The van der Waals surface area contributed by atoms with Gasteiger partial charge in [-0.2, -0.15) is 0 Å². The maximum absolute atomic E-state index is 13.5. The van der Waals surface area contributed by atoms with Crippen molar-refractivity contribution in [2.24, 2.45) is 0 Å². The zero-order valence-electron chi connectivity index (χ0n) is 26.2. The van der Waals surface area contributed by atoms with Gasteiger partial charge in [0.1, 0.15) is 11.4 Å². The number of carbonyl (C=O) groups excluding carboxylic acids is 3. The molecule has 47 heavy (non-hydrogen) atoms. The third kappa shape index (κ3) is 8.96. The monoisotopic (exact) mass is 662 g/mol. The highest BCUT2D eigenvalue weighted by molar-refractivity contribution is 8.00. The molecule has 5 rings (SSSR count). The van der Waals surface area contributed by atoms with Gasteiger partial charge < -0.3 is 20.7 Å². The summed E-state index contributed by atoms with van der Waals surface area (Å²) in [4.78, 5) is 45.2. The number of ether oxygens (including phenoxy) is 1. The molecule has 0 saturated carbocycles. The first kappa shape index (κ1) is 33.2. The number of nitrogens with one attached hydrogen (secondary N) is 3. The van der Waals surface area contributed by atoms with Crippen LogP contribution in [-0.2, 0) is 9.59 Å². The van der Waals surface area contributed by atoms with Crippen molar-refractivity contribution < 1.29 is 19.1 Å². The van der Waals surface area contributed by atoms with E-state index in [4.69, 9.17) is 4.74 Å². The van der Waals surface area contributed by atoms with Crippen molar-refractivity contribution in [3.05, 3.63) is 131 Å². The van der Waals surface area contributed by atoms with Crippen LogP contribution < -0.4 is 20.7 Å². The van der Waals surface area contributed by atoms with E-state index in [0.717, 1.165) is 27.3 Å². The predicted molar refractivity (Wildman–Crippen MR) is 191 cm³/mol. The molecule has 0 fully saturated rings. The van der Waals surface area contributed by atoms with Crippen LogP contribution in [-0.4, -0.2) is 35.1 Å². The van der Waals surface area contributed by atoms with Crippen LogP contribution in [0.5, 0.6) is 5.75 Å². The van der Waals surface area contributed by atoms with E-state index in [-0.39, 0.29) is 11.6 Å². The summed E-state index contributed by atoms with van der Waals surface area (Å²) in [6.45, 7) is 3.93. The Labute approximate surface area is 282 Å². The molecule has 0 radical (unpaired) electrons. The van der Waals surface area contributed by atoms with E-state index in [2.05, 4.69) is 20.9 Å². The van der Waals surface area contributed by atoms with Gasteiger partial charge in [-0.05, 0) is 67.4 Å². The van der Waals surface area contributed by atoms with Gasteiger partial charge in [-0.3, -0.25) is 14.4 Å². The second-order valence-electron chi connectivity index (χ2n) is 10.5. The van der Waals surface area contributed by atoms with Crippen molar-refractivity contribution >= 4 is 57.7 Å². The summed E-state index contributed by atoms with van der Waals surface area (Å²) >= 11 is 2.75. The number of carbonyl (C=O) groups is 3. The van der Waals surface area contributed by atoms with E-state index in [1.807, 2.05) is 92.0 Å². The third-order valence-electron chi connectivity index (χ3n) is 7.07. The van der Waals surface area contributed by atoms with Crippen molar-refractivity contribution in [3.63, 3.8) is 0 Å². The molecule has 238 valence electrons. The van der Waals surface area contributed by atoms with Crippen LogP contribution in [0.15, 0.2) is 119 Å². The van der Waals surface area contributed by atoms with Crippen molar-refractivity contribution in [3.8, 4) is 17.0 Å². The lowest BCUT2D eigenvalue weighted by atomic mass is 10.1. The maximum Gasteiger partial charge on any atom is 0.272 e. The van der Waals surface area contributed by atoms with Gasteiger partial charge >= 0.3 is 0 Å². The Hall–Kier alpha value is -5.19. The number of rotatable bonds is 12. The van der Waals surface area contributed by atoms with E-state index >= 15 is 0 Å². The van der Waals surface area contributed by atoms with Crippen LogP contribution in [0.3, 0.4) is 0 Å². The standard InChI is InChI=1S/C37H34N4O4S2/c1-4-33(36(44)41-37-40-31(23-46-37)29-15-8-9-16-32(29)45-3)47-28-14-10-13-27(22-28)38-35(43)30(21-25-19-17-24(2)18-20-25)39-34(42)26-11-6-5-7-12-26/h5-23,33H,4H2,1-3H3,(H,38,43)(H,39,42)(H,40,41,44)/b30-21-. The zero-order chi connectivity index (χ0) is 33.2. The quantitative estimate of drug-likeness (QED) is 0.0922. The number of hydrogen-bond acceptors (Lipinski definition) is 7. The highest BCUT2D eigenvalue weighted by Gasteiger charge is 2.21. The van der Waals surface area contributed by atoms with Crippen molar-refractivity contribution in [1.29, 1.82) is 0 Å². The fourth-order valence-electron chi connectivity index (χ4n) is 4.60. The fraction of sp³-hybridized carbons (Fsp3) is 0.135. The number of thiazole rings is 1. The summed E-state index contributed by atoms with van der Waals surface area (Å²) in [6.07, 6.45) is 2.22. The van der Waals surface area contributed by atoms with E-state index < -0.39 is 17.1 Å². The Morgan fingerprint density at radius 1 is 0.915 bits per heavy atom. The van der Waals surface area contributed by atoms with Crippen LogP contribution in [0, 0.1) is 6.92 Å². The van der Waals surface area contributed by atoms with Gasteiger partial charge in [-0.15, -0.1) is 23.1 Å². The second kappa shape index (κ2) is 15.9. The lowest BCUT2D eigenvalue weighted by Gasteiger charge is -2.15. The smallest absolute Gasteiger partial charge is 0.272 e. The number of aromatic nitrogens is 1. The van der Waals surface area contributed by atoms with Crippen LogP contribution in [0.2, 0.25) is 0 Å². The summed E-state index contributed by atoms with van der Waals surface area (Å²) in [7, 11) is 1.61. The minimum Gasteiger partial charge on any atom is -0.496 e. The molecule has 1 unspecified atom stereocenters. The van der Waals surface area contributed by atoms with Gasteiger partial charge in [0.25, 0.3) is 11.8 Å². The molecule has 10 heteroatoms. The van der Waals surface area contributed by atoms with Gasteiger partial charge in [0.2, 0.25) is 5.91 Å².